The molecule has 0 aliphatic rings. The van der Waals surface area contributed by atoms with Crippen LogP contribution in [0.15, 0.2) is 48.5 Å². The van der Waals surface area contributed by atoms with Crippen LogP contribution in [0.5, 0.6) is 0 Å². The van der Waals surface area contributed by atoms with Gasteiger partial charge in [-0.25, -0.2) is 0 Å². The molecule has 0 radical (unpaired) electrons. The van der Waals surface area contributed by atoms with E-state index in [4.69, 9.17) is 0 Å². The van der Waals surface area contributed by atoms with Gasteiger partial charge in [0.2, 0.25) is 0 Å². The molecule has 0 aliphatic heterocycles. The summed E-state index contributed by atoms with van der Waals surface area (Å²) in [5.74, 6) is -2.88. The van der Waals surface area contributed by atoms with Gasteiger partial charge in [0.1, 0.15) is 0 Å². The van der Waals surface area contributed by atoms with Gasteiger partial charge in [-0.1, -0.05) is 86.3 Å². The molecule has 0 atom stereocenters. The molecule has 2 aromatic carbocycles. The highest BCUT2D eigenvalue weighted by atomic mass is 32.2. The van der Waals surface area contributed by atoms with Crippen LogP contribution in [-0.4, -0.2) is 24.6 Å². The zero-order chi connectivity index (χ0) is 19.0. The molecular weight excluding hydrogens is 370 g/mol. The van der Waals surface area contributed by atoms with E-state index < -0.39 is 5.92 Å². The maximum atomic E-state index is 14.3. The van der Waals surface area contributed by atoms with Gasteiger partial charge in [0.15, 0.2) is 0 Å². The molecule has 0 aromatic heterocycles. The van der Waals surface area contributed by atoms with Crippen LogP contribution in [0.3, 0.4) is 0 Å². The summed E-state index contributed by atoms with van der Waals surface area (Å²) in [6, 6.07) is 14.8. The van der Waals surface area contributed by atoms with Crippen molar-refractivity contribution in [1.29, 1.82) is 0 Å². The lowest BCUT2D eigenvalue weighted by molar-refractivity contribution is 0.00275. The highest BCUT2D eigenvalue weighted by molar-refractivity contribution is 7.98. The predicted molar refractivity (Wildman–Crippen MR) is 112 cm³/mol. The van der Waals surface area contributed by atoms with Crippen LogP contribution in [0.2, 0.25) is 0 Å². The predicted octanol–water partition coefficient (Wildman–Crippen LogP) is 5.50. The molecule has 0 heterocycles. The molecule has 0 spiro atoms. The summed E-state index contributed by atoms with van der Waals surface area (Å²) in [6.45, 7) is 4.49. The first kappa shape index (κ1) is 21.2. The van der Waals surface area contributed by atoms with Gasteiger partial charge >= 0.3 is 0 Å². The fraction of sp³-hybridized carbons (Fsp3) is 0.400. The second-order valence-electron chi connectivity index (χ2n) is 6.31. The van der Waals surface area contributed by atoms with E-state index in [1.165, 1.54) is 29.6 Å². The van der Waals surface area contributed by atoms with Crippen molar-refractivity contribution in [2.45, 2.75) is 31.4 Å². The lowest BCUT2D eigenvalue weighted by Crippen LogP contribution is -2.27. The molecule has 26 heavy (non-hydrogen) atoms. The van der Waals surface area contributed by atoms with Crippen molar-refractivity contribution >= 4 is 23.9 Å². The average molecular weight is 397 g/mol. The second-order valence-corrected chi connectivity index (χ2v) is 8.48. The highest BCUT2D eigenvalue weighted by Gasteiger charge is 2.31. The zero-order valence-electron chi connectivity index (χ0n) is 15.4. The number of rotatable bonds is 10. The summed E-state index contributed by atoms with van der Waals surface area (Å²) < 4.78 is 34.5. The molecule has 142 valence electrons. The van der Waals surface area contributed by atoms with Gasteiger partial charge in [-0.3, -0.25) is 9.44 Å². The number of nitrogens with one attached hydrogen (secondary N) is 2. The third-order valence-electron chi connectivity index (χ3n) is 3.87. The quantitative estimate of drug-likeness (QED) is 0.409. The van der Waals surface area contributed by atoms with Crippen LogP contribution < -0.4 is 9.44 Å². The third-order valence-corrected chi connectivity index (χ3v) is 5.14. The first-order chi connectivity index (χ1) is 12.4. The molecule has 2 nitrogen and oxygen atoms in total. The molecule has 2 N–H and O–H groups in total. The molecule has 0 unspecified atom stereocenters. The van der Waals surface area contributed by atoms with Gasteiger partial charge in [0.05, 0.1) is 6.54 Å². The van der Waals surface area contributed by atoms with Crippen LogP contribution in [0.25, 0.3) is 11.1 Å². The van der Waals surface area contributed by atoms with Crippen LogP contribution in [0.1, 0.15) is 25.0 Å². The summed E-state index contributed by atoms with van der Waals surface area (Å²) in [5, 5.41) is 0.271. The SMILES string of the molecule is CSNCCc1ccc(-c2ccc(C(F)(F)CNSC(C)C)cc2)cc1. The molecule has 0 aliphatic carbocycles. The Morgan fingerprint density at radius 3 is 2.04 bits per heavy atom. The van der Waals surface area contributed by atoms with E-state index in [0.29, 0.717) is 0 Å². The molecular formula is C20H26F2N2S2. The molecule has 0 fully saturated rings. The van der Waals surface area contributed by atoms with Crippen molar-refractivity contribution in [3.05, 3.63) is 59.7 Å². The number of benzene rings is 2. The minimum absolute atomic E-state index is 0.0397. The Balaban J connectivity index is 1.99. The summed E-state index contributed by atoms with van der Waals surface area (Å²) in [5.41, 5.74) is 3.28. The van der Waals surface area contributed by atoms with Gasteiger partial charge in [-0.05, 0) is 29.4 Å². The highest BCUT2D eigenvalue weighted by Crippen LogP contribution is 2.30. The molecule has 6 heteroatoms. The second kappa shape index (κ2) is 10.3. The summed E-state index contributed by atoms with van der Waals surface area (Å²) in [6.07, 6.45) is 2.98. The monoisotopic (exact) mass is 396 g/mol. The molecule has 0 saturated carbocycles. The summed E-state index contributed by atoms with van der Waals surface area (Å²) in [7, 11) is 0. The van der Waals surface area contributed by atoms with Crippen LogP contribution in [0.4, 0.5) is 8.78 Å². The van der Waals surface area contributed by atoms with Crippen LogP contribution in [0, 0.1) is 0 Å². The lowest BCUT2D eigenvalue weighted by Gasteiger charge is -2.18. The van der Waals surface area contributed by atoms with E-state index >= 15 is 0 Å². The molecule has 0 saturated heterocycles. The van der Waals surface area contributed by atoms with E-state index in [0.717, 1.165) is 24.1 Å². The topological polar surface area (TPSA) is 24.1 Å². The number of hydrogen-bond donors (Lipinski definition) is 2. The molecule has 2 aromatic rings. The minimum Gasteiger partial charge on any atom is -0.264 e. The fourth-order valence-corrected chi connectivity index (χ4v) is 3.37. The Hall–Kier alpha value is -1.08. The van der Waals surface area contributed by atoms with Crippen LogP contribution >= 0.6 is 23.9 Å². The first-order valence-electron chi connectivity index (χ1n) is 8.64. The zero-order valence-corrected chi connectivity index (χ0v) is 17.0. The average Bonchev–Trinajstić information content (AvgIpc) is 2.62. The summed E-state index contributed by atoms with van der Waals surface area (Å²) in [4.78, 5) is 0. The Labute approximate surface area is 163 Å². The third kappa shape index (κ3) is 6.58. The normalized spacial score (nSPS) is 11.9. The van der Waals surface area contributed by atoms with Crippen molar-refractivity contribution in [2.75, 3.05) is 19.3 Å². The maximum Gasteiger partial charge on any atom is 0.286 e. The van der Waals surface area contributed by atoms with E-state index in [-0.39, 0.29) is 17.4 Å². The van der Waals surface area contributed by atoms with Crippen molar-refractivity contribution in [2.24, 2.45) is 0 Å². The first-order valence-corrected chi connectivity index (χ1v) is 10.7. The number of hydrogen-bond acceptors (Lipinski definition) is 4. The van der Waals surface area contributed by atoms with E-state index in [1.54, 1.807) is 24.1 Å². The van der Waals surface area contributed by atoms with Crippen molar-refractivity contribution in [3.63, 3.8) is 0 Å². The molecule has 0 bridgehead atoms. The van der Waals surface area contributed by atoms with Crippen molar-refractivity contribution < 1.29 is 8.78 Å². The smallest absolute Gasteiger partial charge is 0.264 e. The fourth-order valence-electron chi connectivity index (χ4n) is 2.47. The Kier molecular flexibility index (Phi) is 8.41. The Morgan fingerprint density at radius 1 is 0.923 bits per heavy atom. The standard InChI is InChI=1S/C20H26F2N2S2/c1-15(2)26-24-14-20(21,22)19-10-8-18(9-11-19)17-6-4-16(5-7-17)12-13-23-25-3/h4-11,15,23-24H,12-14H2,1-3H3. The minimum atomic E-state index is -2.88. The van der Waals surface area contributed by atoms with Gasteiger partial charge in [-0.15, -0.1) is 0 Å². The van der Waals surface area contributed by atoms with Crippen LogP contribution in [-0.2, 0) is 12.3 Å². The Morgan fingerprint density at radius 2 is 1.50 bits per heavy atom. The van der Waals surface area contributed by atoms with Crippen molar-refractivity contribution in [1.82, 2.24) is 9.44 Å². The molecule has 2 rings (SSSR count). The van der Waals surface area contributed by atoms with E-state index in [1.807, 2.05) is 32.2 Å². The largest absolute Gasteiger partial charge is 0.286 e. The van der Waals surface area contributed by atoms with Gasteiger partial charge in [-0.2, -0.15) is 8.78 Å². The van der Waals surface area contributed by atoms with E-state index in [9.17, 15) is 8.78 Å². The maximum absolute atomic E-state index is 14.3. The Bertz CT molecular complexity index is 659. The summed E-state index contributed by atoms with van der Waals surface area (Å²) >= 11 is 2.94. The number of halogens is 2. The van der Waals surface area contributed by atoms with Crippen molar-refractivity contribution in [3.8, 4) is 11.1 Å². The van der Waals surface area contributed by atoms with E-state index in [2.05, 4.69) is 21.6 Å². The van der Waals surface area contributed by atoms with Gasteiger partial charge in [0, 0.05) is 17.4 Å². The van der Waals surface area contributed by atoms with Gasteiger partial charge in [0.25, 0.3) is 5.92 Å². The molecule has 0 amide bonds. The lowest BCUT2D eigenvalue weighted by atomic mass is 10.00. The van der Waals surface area contributed by atoms with Gasteiger partial charge < -0.3 is 0 Å². The number of alkyl halides is 2.